The van der Waals surface area contributed by atoms with Crippen LogP contribution in [0.4, 0.5) is 18.9 Å². The number of halogens is 3. The first-order valence-corrected chi connectivity index (χ1v) is 10.8. The molecule has 168 valence electrons. The molecule has 2 aromatic carbocycles. The van der Waals surface area contributed by atoms with E-state index in [0.717, 1.165) is 46.9 Å². The molecule has 6 nitrogen and oxygen atoms in total. The van der Waals surface area contributed by atoms with E-state index in [1.165, 1.54) is 10.9 Å². The van der Waals surface area contributed by atoms with Crippen LogP contribution in [0.25, 0.3) is 16.7 Å². The van der Waals surface area contributed by atoms with Crippen molar-refractivity contribution in [2.75, 3.05) is 4.90 Å². The molecule has 2 unspecified atom stereocenters. The summed E-state index contributed by atoms with van der Waals surface area (Å²) >= 11 is 0. The first kappa shape index (κ1) is 20.0. The van der Waals surface area contributed by atoms with Crippen LogP contribution >= 0.6 is 0 Å². The predicted molar refractivity (Wildman–Crippen MR) is 116 cm³/mol. The Balaban J connectivity index is 1.37. The van der Waals surface area contributed by atoms with Gasteiger partial charge in [-0.25, -0.2) is 9.97 Å². The second-order valence-corrected chi connectivity index (χ2v) is 8.83. The fourth-order valence-electron chi connectivity index (χ4n) is 4.88. The van der Waals surface area contributed by atoms with Gasteiger partial charge < -0.3 is 14.5 Å². The topological polar surface area (TPSA) is 66.8 Å². The second kappa shape index (κ2) is 6.94. The van der Waals surface area contributed by atoms with E-state index >= 15 is 0 Å². The standard InChI is InChI=1S/C24H20F3N5O/c1-13-8-15(31-10-20(30-12-31)24(25,26)27)4-6-17(13)22-21(14-2-3-14)23(33)32(22)16-5-7-18-19(9-16)29-11-28-18/h4-12,14,21-22H,2-3H2,1H3,(H,28,29). The molecule has 1 N–H and O–H groups in total. The molecule has 0 spiro atoms. The molecule has 1 saturated carbocycles. The number of alkyl halides is 3. The zero-order valence-corrected chi connectivity index (χ0v) is 17.7. The van der Waals surface area contributed by atoms with Crippen LogP contribution in [-0.2, 0) is 11.0 Å². The zero-order valence-electron chi connectivity index (χ0n) is 17.7. The number of aromatic amines is 1. The van der Waals surface area contributed by atoms with E-state index in [-0.39, 0.29) is 17.9 Å². The number of aryl methyl sites for hydroxylation is 1. The van der Waals surface area contributed by atoms with Crippen molar-refractivity contribution in [3.63, 3.8) is 0 Å². The lowest BCUT2D eigenvalue weighted by molar-refractivity contribution is -0.141. The Hall–Kier alpha value is -3.62. The maximum Gasteiger partial charge on any atom is 0.434 e. The SMILES string of the molecule is Cc1cc(-n2cnc(C(F)(F)F)c2)ccc1C1C(C2CC2)C(=O)N1c1ccc2nc[nH]c2c1. The Morgan fingerprint density at radius 3 is 2.55 bits per heavy atom. The average Bonchev–Trinajstić information content (AvgIpc) is 3.25. The number of nitrogens with zero attached hydrogens (tertiary/aromatic N) is 4. The third kappa shape index (κ3) is 3.21. The number of anilines is 1. The second-order valence-electron chi connectivity index (χ2n) is 8.83. The highest BCUT2D eigenvalue weighted by atomic mass is 19.4. The summed E-state index contributed by atoms with van der Waals surface area (Å²) in [7, 11) is 0. The van der Waals surface area contributed by atoms with Gasteiger partial charge in [-0.15, -0.1) is 0 Å². The number of amides is 1. The summed E-state index contributed by atoms with van der Waals surface area (Å²) in [6.45, 7) is 1.93. The van der Waals surface area contributed by atoms with E-state index in [0.29, 0.717) is 11.6 Å². The lowest BCUT2D eigenvalue weighted by atomic mass is 9.77. The van der Waals surface area contributed by atoms with Crippen LogP contribution < -0.4 is 4.90 Å². The molecule has 2 fully saturated rings. The minimum Gasteiger partial charge on any atom is -0.345 e. The van der Waals surface area contributed by atoms with Crippen LogP contribution in [0.3, 0.4) is 0 Å². The van der Waals surface area contributed by atoms with Gasteiger partial charge in [-0.1, -0.05) is 6.07 Å². The summed E-state index contributed by atoms with van der Waals surface area (Å²) < 4.78 is 40.2. The molecule has 1 aliphatic carbocycles. The highest BCUT2D eigenvalue weighted by Crippen LogP contribution is 2.54. The Kier molecular flexibility index (Phi) is 4.21. The number of rotatable bonds is 4. The number of H-pyrrole nitrogens is 1. The molecule has 1 saturated heterocycles. The minimum atomic E-state index is -4.49. The van der Waals surface area contributed by atoms with Crippen molar-refractivity contribution >= 4 is 22.6 Å². The molecule has 4 aromatic rings. The van der Waals surface area contributed by atoms with Crippen molar-refractivity contribution in [3.8, 4) is 5.69 Å². The molecule has 2 aliphatic rings. The van der Waals surface area contributed by atoms with Gasteiger partial charge in [0.05, 0.1) is 35.6 Å². The first-order valence-electron chi connectivity index (χ1n) is 10.8. The summed E-state index contributed by atoms with van der Waals surface area (Å²) in [5.41, 5.74) is 4.11. The van der Waals surface area contributed by atoms with Gasteiger partial charge >= 0.3 is 6.18 Å². The number of aromatic nitrogens is 4. The van der Waals surface area contributed by atoms with Gasteiger partial charge in [0, 0.05) is 17.6 Å². The molecule has 33 heavy (non-hydrogen) atoms. The van der Waals surface area contributed by atoms with Crippen molar-refractivity contribution < 1.29 is 18.0 Å². The number of hydrogen-bond donors (Lipinski definition) is 1. The molecular weight excluding hydrogens is 431 g/mol. The van der Waals surface area contributed by atoms with E-state index in [2.05, 4.69) is 15.0 Å². The van der Waals surface area contributed by atoms with Crippen LogP contribution in [-0.4, -0.2) is 25.4 Å². The molecule has 9 heteroatoms. The number of benzene rings is 2. The molecule has 0 radical (unpaired) electrons. The normalized spacial score (nSPS) is 21.0. The molecule has 2 atom stereocenters. The summed E-state index contributed by atoms with van der Waals surface area (Å²) in [6, 6.07) is 11.2. The minimum absolute atomic E-state index is 0.0721. The zero-order chi connectivity index (χ0) is 22.9. The Bertz CT molecular complexity index is 1380. The third-order valence-corrected chi connectivity index (χ3v) is 6.70. The number of fused-ring (bicyclic) bond motifs is 1. The third-order valence-electron chi connectivity index (χ3n) is 6.70. The smallest absolute Gasteiger partial charge is 0.345 e. The van der Waals surface area contributed by atoms with Gasteiger partial charge in [0.1, 0.15) is 0 Å². The van der Waals surface area contributed by atoms with Crippen molar-refractivity contribution in [1.82, 2.24) is 19.5 Å². The van der Waals surface area contributed by atoms with Crippen LogP contribution in [0.15, 0.2) is 55.2 Å². The van der Waals surface area contributed by atoms with Gasteiger partial charge in [-0.2, -0.15) is 13.2 Å². The first-order chi connectivity index (χ1) is 15.8. The molecule has 3 heterocycles. The molecule has 1 amide bonds. The van der Waals surface area contributed by atoms with Crippen molar-refractivity contribution in [1.29, 1.82) is 0 Å². The quantitative estimate of drug-likeness (QED) is 0.434. The molecule has 6 rings (SSSR count). The molecule has 1 aliphatic heterocycles. The van der Waals surface area contributed by atoms with Gasteiger partial charge in [-0.3, -0.25) is 4.79 Å². The maximum absolute atomic E-state index is 13.2. The lowest BCUT2D eigenvalue weighted by Gasteiger charge is -2.48. The van der Waals surface area contributed by atoms with E-state index in [4.69, 9.17) is 0 Å². The number of β-lactam (4-membered cyclic amide) rings is 1. The van der Waals surface area contributed by atoms with Gasteiger partial charge in [-0.05, 0) is 67.1 Å². The van der Waals surface area contributed by atoms with Crippen LogP contribution in [0, 0.1) is 18.8 Å². The number of hydrogen-bond acceptors (Lipinski definition) is 3. The average molecular weight is 451 g/mol. The highest BCUT2D eigenvalue weighted by molar-refractivity contribution is 6.04. The van der Waals surface area contributed by atoms with Gasteiger partial charge in [0.2, 0.25) is 5.91 Å². The van der Waals surface area contributed by atoms with Crippen LogP contribution in [0.2, 0.25) is 0 Å². The predicted octanol–water partition coefficient (Wildman–Crippen LogP) is 5.19. The molecule has 2 aromatic heterocycles. The highest BCUT2D eigenvalue weighted by Gasteiger charge is 2.55. The van der Waals surface area contributed by atoms with Crippen molar-refractivity contribution in [2.24, 2.45) is 11.8 Å². The van der Waals surface area contributed by atoms with Crippen molar-refractivity contribution in [3.05, 3.63) is 72.1 Å². The van der Waals surface area contributed by atoms with E-state index < -0.39 is 11.9 Å². The number of carbonyl (C=O) groups excluding carboxylic acids is 1. The number of imidazole rings is 2. The van der Waals surface area contributed by atoms with Crippen molar-refractivity contribution in [2.45, 2.75) is 32.0 Å². The molecular formula is C24H20F3N5O. The van der Waals surface area contributed by atoms with Crippen LogP contribution in [0.5, 0.6) is 0 Å². The Morgan fingerprint density at radius 2 is 1.85 bits per heavy atom. The number of nitrogens with one attached hydrogen (secondary N) is 1. The largest absolute Gasteiger partial charge is 0.434 e. The summed E-state index contributed by atoms with van der Waals surface area (Å²) in [5, 5.41) is 0. The van der Waals surface area contributed by atoms with E-state index in [1.54, 1.807) is 12.4 Å². The monoisotopic (exact) mass is 451 g/mol. The van der Waals surface area contributed by atoms with E-state index in [1.807, 2.05) is 42.2 Å². The summed E-state index contributed by atoms with van der Waals surface area (Å²) in [6.07, 6.45) is 1.39. The molecule has 0 bridgehead atoms. The Labute approximate surface area is 187 Å². The van der Waals surface area contributed by atoms with Crippen LogP contribution in [0.1, 0.15) is 35.7 Å². The lowest BCUT2D eigenvalue weighted by Crippen LogP contribution is -2.56. The number of carbonyl (C=O) groups is 1. The van der Waals surface area contributed by atoms with Gasteiger partial charge in [0.25, 0.3) is 0 Å². The van der Waals surface area contributed by atoms with E-state index in [9.17, 15) is 18.0 Å². The Morgan fingerprint density at radius 1 is 1.06 bits per heavy atom. The fraction of sp³-hybridized carbons (Fsp3) is 0.292. The maximum atomic E-state index is 13.2. The summed E-state index contributed by atoms with van der Waals surface area (Å²) in [4.78, 5) is 25.8. The summed E-state index contributed by atoms with van der Waals surface area (Å²) in [5.74, 6) is 0.433. The van der Waals surface area contributed by atoms with Gasteiger partial charge in [0.15, 0.2) is 5.69 Å². The fourth-order valence-corrected chi connectivity index (χ4v) is 4.88.